The first-order valence-electron chi connectivity index (χ1n) is 4.30. The third-order valence-corrected chi connectivity index (χ3v) is 3.48. The molecule has 0 amide bonds. The van der Waals surface area contributed by atoms with Crippen molar-refractivity contribution in [2.24, 2.45) is 4.99 Å². The number of nitrogens with zero attached hydrogens (tertiary/aromatic N) is 3. The summed E-state index contributed by atoms with van der Waals surface area (Å²) < 4.78 is 1.80. The standard InChI is InChI=1S/C10H8IN3S/c1-3-4-6-8-7(15-9(6)12-2)5-13-10(11)14-8/h3-5H,2H2,1H3/b4-3-. The van der Waals surface area contributed by atoms with E-state index in [4.69, 9.17) is 0 Å². The lowest BCUT2D eigenvalue weighted by molar-refractivity contribution is 1.16. The van der Waals surface area contributed by atoms with E-state index in [1.807, 2.05) is 25.3 Å². The maximum atomic E-state index is 4.41. The molecule has 3 nitrogen and oxygen atoms in total. The zero-order valence-corrected chi connectivity index (χ0v) is 11.0. The van der Waals surface area contributed by atoms with Gasteiger partial charge in [-0.05, 0) is 13.6 Å². The van der Waals surface area contributed by atoms with Gasteiger partial charge in [0.15, 0.2) is 3.83 Å². The summed E-state index contributed by atoms with van der Waals surface area (Å²) in [7, 11) is 0. The largest absolute Gasteiger partial charge is 0.253 e. The van der Waals surface area contributed by atoms with Crippen LogP contribution in [-0.4, -0.2) is 16.7 Å². The molecule has 2 aromatic rings. The van der Waals surface area contributed by atoms with Gasteiger partial charge in [0.2, 0.25) is 0 Å². The van der Waals surface area contributed by atoms with Gasteiger partial charge < -0.3 is 0 Å². The van der Waals surface area contributed by atoms with Gasteiger partial charge in [-0.25, -0.2) is 9.97 Å². The number of aromatic nitrogens is 2. The predicted molar refractivity (Wildman–Crippen MR) is 74.0 cm³/mol. The number of fused-ring (bicyclic) bond motifs is 1. The summed E-state index contributed by atoms with van der Waals surface area (Å²) in [6.07, 6.45) is 5.81. The van der Waals surface area contributed by atoms with Crippen LogP contribution in [0.3, 0.4) is 0 Å². The molecule has 2 heterocycles. The van der Waals surface area contributed by atoms with Crippen molar-refractivity contribution in [2.45, 2.75) is 6.92 Å². The van der Waals surface area contributed by atoms with Gasteiger partial charge in [0.1, 0.15) is 5.00 Å². The molecule has 0 saturated heterocycles. The fourth-order valence-corrected chi connectivity index (χ4v) is 2.60. The van der Waals surface area contributed by atoms with Gasteiger partial charge in [-0.15, -0.1) is 11.3 Å². The van der Waals surface area contributed by atoms with E-state index in [1.165, 1.54) is 0 Å². The normalized spacial score (nSPS) is 11.3. The fraction of sp³-hybridized carbons (Fsp3) is 0.100. The van der Waals surface area contributed by atoms with Crippen molar-refractivity contribution in [3.8, 4) is 0 Å². The smallest absolute Gasteiger partial charge is 0.191 e. The van der Waals surface area contributed by atoms with E-state index in [2.05, 4.69) is 44.3 Å². The number of hydrogen-bond acceptors (Lipinski definition) is 4. The third kappa shape index (κ3) is 1.93. The predicted octanol–water partition coefficient (Wildman–Crippen LogP) is 3.66. The molecule has 0 bridgehead atoms. The van der Waals surface area contributed by atoms with Gasteiger partial charge in [0.25, 0.3) is 0 Å². The highest BCUT2D eigenvalue weighted by atomic mass is 127. The third-order valence-electron chi connectivity index (χ3n) is 1.89. The zero-order valence-electron chi connectivity index (χ0n) is 8.07. The van der Waals surface area contributed by atoms with E-state index in [1.54, 1.807) is 11.3 Å². The molecule has 76 valence electrons. The van der Waals surface area contributed by atoms with E-state index >= 15 is 0 Å². The molecule has 0 atom stereocenters. The van der Waals surface area contributed by atoms with E-state index in [0.29, 0.717) is 0 Å². The number of halogens is 1. The van der Waals surface area contributed by atoms with Crippen LogP contribution in [0.5, 0.6) is 0 Å². The fourth-order valence-electron chi connectivity index (χ4n) is 1.31. The summed E-state index contributed by atoms with van der Waals surface area (Å²) in [5.41, 5.74) is 1.99. The molecular formula is C10H8IN3S. The second-order valence-electron chi connectivity index (χ2n) is 2.83. The molecule has 0 aliphatic heterocycles. The van der Waals surface area contributed by atoms with Crippen molar-refractivity contribution in [3.63, 3.8) is 0 Å². The lowest BCUT2D eigenvalue weighted by atomic mass is 10.2. The Hall–Kier alpha value is -0.820. The summed E-state index contributed by atoms with van der Waals surface area (Å²) in [4.78, 5) is 12.6. The molecule has 15 heavy (non-hydrogen) atoms. The van der Waals surface area contributed by atoms with Crippen LogP contribution in [0.4, 0.5) is 5.00 Å². The van der Waals surface area contributed by atoms with Crippen LogP contribution in [0.1, 0.15) is 12.5 Å². The Labute approximate surface area is 105 Å². The topological polar surface area (TPSA) is 38.1 Å². The second-order valence-corrected chi connectivity index (χ2v) is 4.83. The Morgan fingerprint density at radius 2 is 2.40 bits per heavy atom. The Morgan fingerprint density at radius 3 is 3.07 bits per heavy atom. The Kier molecular flexibility index (Phi) is 3.11. The average Bonchev–Trinajstić information content (AvgIpc) is 2.57. The minimum Gasteiger partial charge on any atom is -0.253 e. The first-order chi connectivity index (χ1) is 7.26. The van der Waals surface area contributed by atoms with E-state index in [0.717, 1.165) is 24.6 Å². The second kappa shape index (κ2) is 4.36. The molecule has 0 unspecified atom stereocenters. The van der Waals surface area contributed by atoms with Crippen LogP contribution < -0.4 is 0 Å². The van der Waals surface area contributed by atoms with Gasteiger partial charge in [-0.2, -0.15) is 0 Å². The monoisotopic (exact) mass is 329 g/mol. The van der Waals surface area contributed by atoms with Crippen molar-refractivity contribution in [1.29, 1.82) is 0 Å². The van der Waals surface area contributed by atoms with Gasteiger partial charge >= 0.3 is 0 Å². The minimum atomic E-state index is 0.749. The van der Waals surface area contributed by atoms with Gasteiger partial charge in [0.05, 0.1) is 10.2 Å². The molecule has 0 aromatic carbocycles. The number of allylic oxidation sites excluding steroid dienone is 1. The molecule has 0 aliphatic rings. The maximum absolute atomic E-state index is 4.41. The highest BCUT2D eigenvalue weighted by Crippen LogP contribution is 2.37. The van der Waals surface area contributed by atoms with Crippen LogP contribution in [-0.2, 0) is 0 Å². The summed E-state index contributed by atoms with van der Waals surface area (Å²) in [5, 5.41) is 0.902. The molecule has 0 N–H and O–H groups in total. The molecule has 0 aliphatic carbocycles. The Balaban J connectivity index is 2.81. The molecule has 2 aromatic heterocycles. The zero-order chi connectivity index (χ0) is 10.8. The van der Waals surface area contributed by atoms with Crippen molar-refractivity contribution >= 4 is 61.9 Å². The van der Waals surface area contributed by atoms with E-state index in [-0.39, 0.29) is 0 Å². The molecule has 2 rings (SSSR count). The number of hydrogen-bond donors (Lipinski definition) is 0. The molecule has 0 saturated carbocycles. The summed E-state index contributed by atoms with van der Waals surface area (Å²) in [5.74, 6) is 0. The number of aliphatic imine (C=N–C) groups is 1. The van der Waals surface area contributed by atoms with Gasteiger partial charge in [-0.3, -0.25) is 4.99 Å². The number of thiophene rings is 1. The van der Waals surface area contributed by atoms with E-state index in [9.17, 15) is 0 Å². The summed E-state index contributed by atoms with van der Waals surface area (Å²) in [6.45, 7) is 5.54. The van der Waals surface area contributed by atoms with Crippen LogP contribution in [0, 0.1) is 3.83 Å². The first kappa shape index (κ1) is 10.7. The molecule has 0 spiro atoms. The quantitative estimate of drug-likeness (QED) is 0.479. The lowest BCUT2D eigenvalue weighted by Crippen LogP contribution is -1.85. The Bertz CT molecular complexity index is 545. The molecule has 0 fully saturated rings. The first-order valence-corrected chi connectivity index (χ1v) is 6.20. The average molecular weight is 329 g/mol. The van der Waals surface area contributed by atoms with E-state index < -0.39 is 0 Å². The van der Waals surface area contributed by atoms with Gasteiger partial charge in [0, 0.05) is 34.4 Å². The van der Waals surface area contributed by atoms with Crippen molar-refractivity contribution < 1.29 is 0 Å². The van der Waals surface area contributed by atoms with Crippen LogP contribution in [0.25, 0.3) is 16.3 Å². The van der Waals surface area contributed by atoms with Crippen molar-refractivity contribution in [3.05, 3.63) is 21.7 Å². The van der Waals surface area contributed by atoms with Crippen LogP contribution >= 0.6 is 33.9 Å². The molecular weight excluding hydrogens is 321 g/mol. The molecule has 5 heteroatoms. The minimum absolute atomic E-state index is 0.749. The van der Waals surface area contributed by atoms with Crippen molar-refractivity contribution in [2.75, 3.05) is 0 Å². The highest BCUT2D eigenvalue weighted by Gasteiger charge is 2.10. The van der Waals surface area contributed by atoms with Crippen LogP contribution in [0.2, 0.25) is 0 Å². The highest BCUT2D eigenvalue weighted by molar-refractivity contribution is 14.1. The van der Waals surface area contributed by atoms with Crippen molar-refractivity contribution in [1.82, 2.24) is 9.97 Å². The lowest BCUT2D eigenvalue weighted by Gasteiger charge is -1.92. The summed E-state index contributed by atoms with van der Waals surface area (Å²) >= 11 is 3.67. The SMILES string of the molecule is C=Nc1sc2cnc(I)nc2c1/C=C\C. The van der Waals surface area contributed by atoms with Gasteiger partial charge in [-0.1, -0.05) is 12.2 Å². The van der Waals surface area contributed by atoms with Crippen LogP contribution in [0.15, 0.2) is 17.3 Å². The maximum Gasteiger partial charge on any atom is 0.191 e. The molecule has 0 radical (unpaired) electrons. The Morgan fingerprint density at radius 1 is 1.60 bits per heavy atom. The summed E-state index contributed by atoms with van der Waals surface area (Å²) in [6, 6.07) is 0. The number of rotatable bonds is 2.